The smallest absolute Gasteiger partial charge is 0.326 e. The number of carbonyl (C=O) groups is 1. The zero-order valence-corrected chi connectivity index (χ0v) is 12.9. The first-order valence-electron chi connectivity index (χ1n) is 6.90. The van der Waals surface area contributed by atoms with E-state index in [9.17, 15) is 4.79 Å². The number of carbonyl (C=O) groups excluding carboxylic acids is 1. The van der Waals surface area contributed by atoms with Crippen molar-refractivity contribution in [2.24, 2.45) is 5.92 Å². The molecule has 0 aliphatic carbocycles. The lowest BCUT2D eigenvalue weighted by Gasteiger charge is -2.29. The maximum atomic E-state index is 11.9. The van der Waals surface area contributed by atoms with Crippen LogP contribution in [0.1, 0.15) is 40.5 Å². The van der Waals surface area contributed by atoms with Crippen LogP contribution in [-0.2, 0) is 9.53 Å². The van der Waals surface area contributed by atoms with Gasteiger partial charge in [-0.05, 0) is 53.2 Å². The largest absolute Gasteiger partial charge is 0.465 e. The van der Waals surface area contributed by atoms with Gasteiger partial charge in [0.2, 0.25) is 0 Å². The number of esters is 1. The number of hydrogen-bond acceptors (Lipinski definition) is 4. The van der Waals surface area contributed by atoms with Crippen molar-refractivity contribution in [3.8, 4) is 0 Å². The predicted molar refractivity (Wildman–Crippen MR) is 75.7 cm³/mol. The van der Waals surface area contributed by atoms with Crippen molar-refractivity contribution in [2.45, 2.75) is 46.1 Å². The van der Waals surface area contributed by atoms with Gasteiger partial charge in [0.1, 0.15) is 5.54 Å². The summed E-state index contributed by atoms with van der Waals surface area (Å²) in [7, 11) is 3.91. The number of ether oxygens (including phenoxy) is 1. The average Bonchev–Trinajstić information content (AvgIpc) is 2.33. The van der Waals surface area contributed by atoms with Crippen molar-refractivity contribution < 1.29 is 9.53 Å². The maximum absolute atomic E-state index is 11.9. The summed E-state index contributed by atoms with van der Waals surface area (Å²) in [4.78, 5) is 14.1. The molecule has 1 atom stereocenters. The van der Waals surface area contributed by atoms with Gasteiger partial charge in [0.05, 0.1) is 6.61 Å². The third-order valence-corrected chi connectivity index (χ3v) is 3.36. The van der Waals surface area contributed by atoms with Crippen molar-refractivity contribution in [3.05, 3.63) is 0 Å². The topological polar surface area (TPSA) is 41.6 Å². The number of hydrogen-bond donors (Lipinski definition) is 1. The Labute approximate surface area is 112 Å². The third kappa shape index (κ3) is 6.36. The van der Waals surface area contributed by atoms with E-state index in [4.69, 9.17) is 4.74 Å². The molecule has 0 aromatic rings. The average molecular weight is 258 g/mol. The van der Waals surface area contributed by atoms with Gasteiger partial charge < -0.3 is 15.0 Å². The zero-order chi connectivity index (χ0) is 14.2. The van der Waals surface area contributed by atoms with Gasteiger partial charge in [-0.15, -0.1) is 0 Å². The number of nitrogens with one attached hydrogen (secondary N) is 1. The lowest BCUT2D eigenvalue weighted by molar-refractivity contribution is -0.150. The summed E-state index contributed by atoms with van der Waals surface area (Å²) in [6.45, 7) is 10.6. The fourth-order valence-corrected chi connectivity index (χ4v) is 1.62. The summed E-state index contributed by atoms with van der Waals surface area (Å²) in [6.07, 6.45) is 1.95. The van der Waals surface area contributed by atoms with E-state index in [1.807, 2.05) is 20.9 Å². The van der Waals surface area contributed by atoms with E-state index >= 15 is 0 Å². The molecule has 0 saturated carbocycles. The molecular weight excluding hydrogens is 228 g/mol. The first-order valence-corrected chi connectivity index (χ1v) is 6.90. The monoisotopic (exact) mass is 258 g/mol. The van der Waals surface area contributed by atoms with E-state index < -0.39 is 5.54 Å². The second-order valence-corrected chi connectivity index (χ2v) is 5.54. The molecule has 0 aliphatic heterocycles. The Hall–Kier alpha value is -0.610. The zero-order valence-electron chi connectivity index (χ0n) is 12.9. The van der Waals surface area contributed by atoms with Crippen LogP contribution >= 0.6 is 0 Å². The summed E-state index contributed by atoms with van der Waals surface area (Å²) in [5.41, 5.74) is -0.581. The van der Waals surface area contributed by atoms with Gasteiger partial charge in [0.25, 0.3) is 0 Å². The van der Waals surface area contributed by atoms with Gasteiger partial charge in [-0.25, -0.2) is 0 Å². The van der Waals surface area contributed by atoms with Crippen LogP contribution in [0.25, 0.3) is 0 Å². The number of rotatable bonds is 9. The minimum atomic E-state index is -0.581. The van der Waals surface area contributed by atoms with Crippen LogP contribution in [0.3, 0.4) is 0 Å². The van der Waals surface area contributed by atoms with Crippen LogP contribution in [-0.4, -0.2) is 50.2 Å². The molecule has 18 heavy (non-hydrogen) atoms. The van der Waals surface area contributed by atoms with Gasteiger partial charge in [-0.1, -0.05) is 13.8 Å². The molecule has 0 rings (SSSR count). The lowest BCUT2D eigenvalue weighted by Crippen LogP contribution is -2.50. The molecule has 0 heterocycles. The molecule has 0 spiro atoms. The number of nitrogens with zero attached hydrogens (tertiary/aromatic N) is 1. The molecule has 0 aliphatic rings. The molecule has 0 saturated heterocycles. The Morgan fingerprint density at radius 2 is 2.00 bits per heavy atom. The molecule has 0 amide bonds. The second-order valence-electron chi connectivity index (χ2n) is 5.54. The second kappa shape index (κ2) is 8.48. The van der Waals surface area contributed by atoms with Gasteiger partial charge in [-0.2, -0.15) is 0 Å². The maximum Gasteiger partial charge on any atom is 0.326 e. The molecule has 0 aromatic carbocycles. The summed E-state index contributed by atoms with van der Waals surface area (Å²) >= 11 is 0. The quantitative estimate of drug-likeness (QED) is 0.641. The lowest BCUT2D eigenvalue weighted by atomic mass is 9.98. The van der Waals surface area contributed by atoms with Gasteiger partial charge in [0, 0.05) is 6.54 Å². The van der Waals surface area contributed by atoms with Gasteiger partial charge in [0.15, 0.2) is 0 Å². The molecule has 0 radical (unpaired) electrons. The summed E-state index contributed by atoms with van der Waals surface area (Å²) in [6, 6.07) is 0. The van der Waals surface area contributed by atoms with Crippen molar-refractivity contribution in [1.82, 2.24) is 10.2 Å². The molecule has 0 aromatic heterocycles. The predicted octanol–water partition coefficient (Wildman–Crippen LogP) is 1.90. The highest BCUT2D eigenvalue weighted by atomic mass is 16.5. The SMILES string of the molecule is CCOC(=O)C(C)(CCN(C)CCC(C)C)NC. The van der Waals surface area contributed by atoms with E-state index in [0.717, 1.165) is 19.5 Å². The van der Waals surface area contributed by atoms with Crippen LogP contribution in [0.5, 0.6) is 0 Å². The summed E-state index contributed by atoms with van der Waals surface area (Å²) in [5.74, 6) is 0.554. The van der Waals surface area contributed by atoms with E-state index in [-0.39, 0.29) is 5.97 Å². The Kier molecular flexibility index (Phi) is 8.20. The van der Waals surface area contributed by atoms with Crippen LogP contribution in [0.15, 0.2) is 0 Å². The van der Waals surface area contributed by atoms with Crippen molar-refractivity contribution in [2.75, 3.05) is 33.8 Å². The summed E-state index contributed by atoms with van der Waals surface area (Å²) < 4.78 is 5.11. The summed E-state index contributed by atoms with van der Waals surface area (Å²) in [5, 5.41) is 3.08. The molecule has 1 unspecified atom stereocenters. The van der Waals surface area contributed by atoms with Crippen molar-refractivity contribution in [1.29, 1.82) is 0 Å². The Bertz CT molecular complexity index is 244. The molecule has 0 fully saturated rings. The number of likely N-dealkylation sites (N-methyl/N-ethyl adjacent to an activating group) is 1. The standard InChI is InChI=1S/C14H30N2O2/c1-7-18-13(17)14(4,15-5)9-11-16(6)10-8-12(2)3/h12,15H,7-11H2,1-6H3. The molecule has 4 nitrogen and oxygen atoms in total. The third-order valence-electron chi connectivity index (χ3n) is 3.36. The molecule has 1 N–H and O–H groups in total. The van der Waals surface area contributed by atoms with Gasteiger partial charge >= 0.3 is 5.97 Å². The Morgan fingerprint density at radius 1 is 1.39 bits per heavy atom. The minimum absolute atomic E-state index is 0.162. The van der Waals surface area contributed by atoms with Crippen LogP contribution in [0, 0.1) is 5.92 Å². The van der Waals surface area contributed by atoms with Crippen LogP contribution < -0.4 is 5.32 Å². The first-order chi connectivity index (χ1) is 8.35. The fraction of sp³-hybridized carbons (Fsp3) is 0.929. The minimum Gasteiger partial charge on any atom is -0.465 e. The van der Waals surface area contributed by atoms with Crippen LogP contribution in [0.4, 0.5) is 0 Å². The Balaban J connectivity index is 4.16. The van der Waals surface area contributed by atoms with Crippen molar-refractivity contribution in [3.63, 3.8) is 0 Å². The Morgan fingerprint density at radius 3 is 2.44 bits per heavy atom. The first kappa shape index (κ1) is 17.4. The van der Waals surface area contributed by atoms with E-state index in [2.05, 4.69) is 31.1 Å². The van der Waals surface area contributed by atoms with Crippen molar-refractivity contribution >= 4 is 5.97 Å². The van der Waals surface area contributed by atoms with E-state index in [1.165, 1.54) is 6.42 Å². The van der Waals surface area contributed by atoms with E-state index in [1.54, 1.807) is 0 Å². The van der Waals surface area contributed by atoms with Crippen LogP contribution in [0.2, 0.25) is 0 Å². The fourth-order valence-electron chi connectivity index (χ4n) is 1.62. The molecule has 108 valence electrons. The van der Waals surface area contributed by atoms with E-state index in [0.29, 0.717) is 12.5 Å². The molecule has 0 bridgehead atoms. The highest BCUT2D eigenvalue weighted by molar-refractivity contribution is 5.80. The highest BCUT2D eigenvalue weighted by Gasteiger charge is 2.32. The normalized spacial score (nSPS) is 14.9. The van der Waals surface area contributed by atoms with Gasteiger partial charge in [-0.3, -0.25) is 4.79 Å². The molecular formula is C14H30N2O2. The highest BCUT2D eigenvalue weighted by Crippen LogP contribution is 2.13. The molecule has 4 heteroatoms.